The molecule has 0 aliphatic carbocycles. The molecule has 0 radical (unpaired) electrons. The molecule has 0 bridgehead atoms. The van der Waals surface area contributed by atoms with Crippen LogP contribution in [0.3, 0.4) is 0 Å². The van der Waals surface area contributed by atoms with Crippen LogP contribution in [0.1, 0.15) is 62.5 Å². The number of thioether (sulfide) groups is 1. The summed E-state index contributed by atoms with van der Waals surface area (Å²) in [5.41, 5.74) is 3.31. The number of aryl methyl sites for hydroxylation is 2. The van der Waals surface area contributed by atoms with Crippen molar-refractivity contribution in [2.45, 2.75) is 51.5 Å². The summed E-state index contributed by atoms with van der Waals surface area (Å²) < 4.78 is 5.64. The van der Waals surface area contributed by atoms with Crippen LogP contribution in [0.4, 0.5) is 0 Å². The summed E-state index contributed by atoms with van der Waals surface area (Å²) in [7, 11) is 0. The van der Waals surface area contributed by atoms with E-state index in [2.05, 4.69) is 20.2 Å². The molecule has 1 atom stereocenters. The second-order valence-electron chi connectivity index (χ2n) is 6.30. The molecule has 0 saturated carbocycles. The standard InChI is InChI=1S/C18H20N4O3S2/c1-8-15(10(3)23)9(2)19-16(8)17(24)11(4)27-18-22-21-14(25-18)6-13-7-26-12(5)20-13/h7,11,19H,6H2,1-5H3. The minimum absolute atomic E-state index is 0.0561. The maximum Gasteiger partial charge on any atom is 0.277 e. The van der Waals surface area contributed by atoms with Crippen molar-refractivity contribution in [3.63, 3.8) is 0 Å². The average Bonchev–Trinajstić information content (AvgIpc) is 3.27. The smallest absolute Gasteiger partial charge is 0.277 e. The normalized spacial score (nSPS) is 12.3. The van der Waals surface area contributed by atoms with Crippen LogP contribution in [0.15, 0.2) is 15.0 Å². The number of hydrogen-bond acceptors (Lipinski definition) is 8. The Morgan fingerprint density at radius 1 is 1.30 bits per heavy atom. The van der Waals surface area contributed by atoms with E-state index in [0.29, 0.717) is 40.0 Å². The summed E-state index contributed by atoms with van der Waals surface area (Å²) in [6, 6.07) is 0. The van der Waals surface area contributed by atoms with E-state index in [1.807, 2.05) is 12.3 Å². The zero-order valence-electron chi connectivity index (χ0n) is 15.7. The van der Waals surface area contributed by atoms with Gasteiger partial charge < -0.3 is 9.40 Å². The van der Waals surface area contributed by atoms with Crippen LogP contribution in [0, 0.1) is 20.8 Å². The lowest BCUT2D eigenvalue weighted by molar-refractivity contribution is 0.0988. The van der Waals surface area contributed by atoms with Gasteiger partial charge in [0.25, 0.3) is 5.22 Å². The zero-order valence-corrected chi connectivity index (χ0v) is 17.4. The van der Waals surface area contributed by atoms with Gasteiger partial charge in [-0.1, -0.05) is 11.8 Å². The fourth-order valence-electron chi connectivity index (χ4n) is 2.93. The molecule has 0 saturated heterocycles. The number of aromatic amines is 1. The van der Waals surface area contributed by atoms with Crippen LogP contribution in [0.25, 0.3) is 0 Å². The molecule has 3 rings (SSSR count). The van der Waals surface area contributed by atoms with Crippen molar-refractivity contribution in [1.82, 2.24) is 20.2 Å². The number of carbonyl (C=O) groups is 2. The summed E-state index contributed by atoms with van der Waals surface area (Å²) in [5.74, 6) is 0.301. The first-order valence-corrected chi connectivity index (χ1v) is 10.2. The number of thiazole rings is 1. The molecule has 9 heteroatoms. The molecule has 1 unspecified atom stereocenters. The lowest BCUT2D eigenvalue weighted by Gasteiger charge is -2.07. The number of H-pyrrole nitrogens is 1. The number of Topliss-reactive ketones (excluding diaryl/α,β-unsaturated/α-hetero) is 2. The number of nitrogens with zero attached hydrogens (tertiary/aromatic N) is 3. The van der Waals surface area contributed by atoms with Crippen molar-refractivity contribution >= 4 is 34.7 Å². The molecule has 3 heterocycles. The van der Waals surface area contributed by atoms with Gasteiger partial charge in [-0.3, -0.25) is 9.59 Å². The average molecular weight is 405 g/mol. The highest BCUT2D eigenvalue weighted by molar-refractivity contribution is 8.00. The molecule has 0 amide bonds. The van der Waals surface area contributed by atoms with Crippen molar-refractivity contribution in [3.8, 4) is 0 Å². The quantitative estimate of drug-likeness (QED) is 0.470. The van der Waals surface area contributed by atoms with Crippen LogP contribution < -0.4 is 0 Å². The molecular weight excluding hydrogens is 384 g/mol. The number of aromatic nitrogens is 4. The van der Waals surface area contributed by atoms with E-state index in [1.165, 1.54) is 18.7 Å². The van der Waals surface area contributed by atoms with Gasteiger partial charge in [-0.25, -0.2) is 4.98 Å². The Morgan fingerprint density at radius 2 is 2.04 bits per heavy atom. The summed E-state index contributed by atoms with van der Waals surface area (Å²) in [5, 5.41) is 10.9. The lowest BCUT2D eigenvalue weighted by atomic mass is 10.0. The molecule has 0 fully saturated rings. The maximum absolute atomic E-state index is 12.8. The van der Waals surface area contributed by atoms with E-state index in [4.69, 9.17) is 4.42 Å². The third kappa shape index (κ3) is 4.19. The van der Waals surface area contributed by atoms with Crippen LogP contribution in [-0.2, 0) is 6.42 Å². The molecular formula is C18H20N4O3S2. The van der Waals surface area contributed by atoms with E-state index >= 15 is 0 Å². The highest BCUT2D eigenvalue weighted by atomic mass is 32.2. The molecule has 27 heavy (non-hydrogen) atoms. The number of nitrogens with one attached hydrogen (secondary N) is 1. The van der Waals surface area contributed by atoms with Gasteiger partial charge in [0.15, 0.2) is 11.6 Å². The molecule has 0 aliphatic rings. The topological polar surface area (TPSA) is 102 Å². The fourth-order valence-corrected chi connectivity index (χ4v) is 4.31. The van der Waals surface area contributed by atoms with Gasteiger partial charge in [-0.05, 0) is 40.2 Å². The number of ketones is 2. The molecule has 3 aromatic rings. The van der Waals surface area contributed by atoms with Gasteiger partial charge in [0.2, 0.25) is 5.89 Å². The predicted octanol–water partition coefficient (Wildman–Crippen LogP) is 3.94. The van der Waals surface area contributed by atoms with E-state index < -0.39 is 5.25 Å². The lowest BCUT2D eigenvalue weighted by Crippen LogP contribution is -2.15. The van der Waals surface area contributed by atoms with Crippen LogP contribution in [-0.4, -0.2) is 37.0 Å². The van der Waals surface area contributed by atoms with Gasteiger partial charge in [0.05, 0.1) is 28.1 Å². The SMILES string of the molecule is CC(=O)c1c(C)[nH]c(C(=O)C(C)Sc2nnc(Cc3csc(C)n3)o2)c1C. The Balaban J connectivity index is 1.70. The Morgan fingerprint density at radius 3 is 2.63 bits per heavy atom. The number of rotatable bonds is 7. The monoisotopic (exact) mass is 404 g/mol. The number of hydrogen-bond donors (Lipinski definition) is 1. The van der Waals surface area contributed by atoms with E-state index in [1.54, 1.807) is 32.1 Å². The Hall–Kier alpha value is -2.26. The summed E-state index contributed by atoms with van der Waals surface area (Å²) in [6.45, 7) is 8.80. The molecule has 1 N–H and O–H groups in total. The van der Waals surface area contributed by atoms with Gasteiger partial charge in [-0.15, -0.1) is 21.5 Å². The molecule has 3 aromatic heterocycles. The molecule has 142 valence electrons. The first-order chi connectivity index (χ1) is 12.8. The Bertz CT molecular complexity index is 1000. The first-order valence-electron chi connectivity index (χ1n) is 8.40. The summed E-state index contributed by atoms with van der Waals surface area (Å²) in [6.07, 6.45) is 0.469. The van der Waals surface area contributed by atoms with Gasteiger partial charge in [0.1, 0.15) is 0 Å². The Kier molecular flexibility index (Phi) is 5.61. The maximum atomic E-state index is 12.8. The minimum Gasteiger partial charge on any atom is -0.416 e. The summed E-state index contributed by atoms with van der Waals surface area (Å²) in [4.78, 5) is 32.0. The number of carbonyl (C=O) groups excluding carboxylic acids is 2. The molecule has 7 nitrogen and oxygen atoms in total. The van der Waals surface area contributed by atoms with Crippen LogP contribution >= 0.6 is 23.1 Å². The highest BCUT2D eigenvalue weighted by Gasteiger charge is 2.25. The van der Waals surface area contributed by atoms with E-state index in [-0.39, 0.29) is 11.6 Å². The van der Waals surface area contributed by atoms with Crippen LogP contribution in [0.2, 0.25) is 0 Å². The Labute approximate surface area is 165 Å². The van der Waals surface area contributed by atoms with Crippen molar-refractivity contribution in [1.29, 1.82) is 0 Å². The minimum atomic E-state index is -0.434. The third-order valence-electron chi connectivity index (χ3n) is 4.13. The largest absolute Gasteiger partial charge is 0.416 e. The van der Waals surface area contributed by atoms with Gasteiger partial charge in [0, 0.05) is 16.6 Å². The fraction of sp³-hybridized carbons (Fsp3) is 0.389. The second kappa shape index (κ2) is 7.77. The van der Waals surface area contributed by atoms with Gasteiger partial charge in [-0.2, -0.15) is 0 Å². The van der Waals surface area contributed by atoms with E-state index in [9.17, 15) is 9.59 Å². The van der Waals surface area contributed by atoms with Crippen LogP contribution in [0.5, 0.6) is 0 Å². The van der Waals surface area contributed by atoms with Crippen molar-refractivity contribution < 1.29 is 14.0 Å². The van der Waals surface area contributed by atoms with Crippen molar-refractivity contribution in [3.05, 3.63) is 44.5 Å². The zero-order chi connectivity index (χ0) is 19.7. The third-order valence-corrected chi connectivity index (χ3v) is 5.89. The highest BCUT2D eigenvalue weighted by Crippen LogP contribution is 2.27. The summed E-state index contributed by atoms with van der Waals surface area (Å²) >= 11 is 2.77. The van der Waals surface area contributed by atoms with Crippen molar-refractivity contribution in [2.75, 3.05) is 0 Å². The molecule has 0 aliphatic heterocycles. The molecule has 0 aromatic carbocycles. The molecule has 0 spiro atoms. The second-order valence-corrected chi connectivity index (χ2v) is 8.66. The van der Waals surface area contributed by atoms with E-state index in [0.717, 1.165) is 10.7 Å². The predicted molar refractivity (Wildman–Crippen MR) is 104 cm³/mol. The first kappa shape index (κ1) is 19.5. The van der Waals surface area contributed by atoms with Crippen molar-refractivity contribution in [2.24, 2.45) is 0 Å². The van der Waals surface area contributed by atoms with Gasteiger partial charge >= 0.3 is 0 Å².